The van der Waals surface area contributed by atoms with Gasteiger partial charge in [0.25, 0.3) is 5.91 Å². The van der Waals surface area contributed by atoms with Crippen LogP contribution in [0.2, 0.25) is 0 Å². The van der Waals surface area contributed by atoms with Crippen molar-refractivity contribution in [2.45, 2.75) is 26.8 Å². The molecule has 1 heterocycles. The molecule has 1 aliphatic heterocycles. The molecule has 0 aliphatic carbocycles. The fraction of sp³-hybridized carbons (Fsp3) is 0.529. The van der Waals surface area contributed by atoms with Crippen molar-refractivity contribution < 1.29 is 18.4 Å². The van der Waals surface area contributed by atoms with Crippen molar-refractivity contribution in [1.82, 2.24) is 9.80 Å². The highest BCUT2D eigenvalue weighted by molar-refractivity contribution is 5.94. The molecule has 2 N–H and O–H groups in total. The quantitative estimate of drug-likeness (QED) is 0.860. The van der Waals surface area contributed by atoms with Gasteiger partial charge in [0.1, 0.15) is 0 Å². The first kappa shape index (κ1) is 21.3. The fourth-order valence-electron chi connectivity index (χ4n) is 2.51. The lowest BCUT2D eigenvalue weighted by Gasteiger charge is -2.38. The van der Waals surface area contributed by atoms with Gasteiger partial charge in [-0.3, -0.25) is 9.59 Å². The van der Waals surface area contributed by atoms with E-state index in [1.165, 1.54) is 11.0 Å². The lowest BCUT2D eigenvalue weighted by atomic mass is 9.86. The summed E-state index contributed by atoms with van der Waals surface area (Å²) in [5.74, 6) is -2.55. The van der Waals surface area contributed by atoms with Gasteiger partial charge in [0.05, 0.1) is 6.04 Å². The van der Waals surface area contributed by atoms with Crippen LogP contribution in [0.25, 0.3) is 0 Å². The third-order valence-corrected chi connectivity index (χ3v) is 4.24. The minimum Gasteiger partial charge on any atom is -0.338 e. The largest absolute Gasteiger partial charge is 0.338 e. The summed E-state index contributed by atoms with van der Waals surface area (Å²) < 4.78 is 26.2. The van der Waals surface area contributed by atoms with E-state index in [0.717, 1.165) is 12.1 Å². The van der Waals surface area contributed by atoms with E-state index in [1.807, 2.05) is 20.8 Å². The zero-order valence-corrected chi connectivity index (χ0v) is 15.4. The number of carbonyl (C=O) groups excluding carboxylic acids is 2. The molecule has 1 aliphatic rings. The zero-order chi connectivity index (χ0) is 18.1. The predicted molar refractivity (Wildman–Crippen MR) is 93.5 cm³/mol. The van der Waals surface area contributed by atoms with Crippen molar-refractivity contribution in [3.05, 3.63) is 35.4 Å². The average molecular weight is 376 g/mol. The van der Waals surface area contributed by atoms with Crippen LogP contribution in [0.5, 0.6) is 0 Å². The van der Waals surface area contributed by atoms with E-state index in [-0.39, 0.29) is 35.2 Å². The molecule has 2 rings (SSSR count). The molecule has 2 amide bonds. The summed E-state index contributed by atoms with van der Waals surface area (Å²) >= 11 is 0. The van der Waals surface area contributed by atoms with E-state index in [9.17, 15) is 18.4 Å². The molecule has 5 nitrogen and oxygen atoms in total. The van der Waals surface area contributed by atoms with Gasteiger partial charge < -0.3 is 15.5 Å². The molecule has 1 atom stereocenters. The smallest absolute Gasteiger partial charge is 0.254 e. The van der Waals surface area contributed by atoms with E-state index in [1.54, 1.807) is 4.90 Å². The molecule has 25 heavy (non-hydrogen) atoms. The first-order valence-corrected chi connectivity index (χ1v) is 7.90. The first-order valence-electron chi connectivity index (χ1n) is 7.90. The third-order valence-electron chi connectivity index (χ3n) is 4.24. The second-order valence-electron chi connectivity index (χ2n) is 7.09. The van der Waals surface area contributed by atoms with Gasteiger partial charge in [-0.1, -0.05) is 20.8 Å². The minimum atomic E-state index is -1.05. The molecule has 0 unspecified atom stereocenters. The number of hydrogen-bond donors (Lipinski definition) is 1. The fourth-order valence-corrected chi connectivity index (χ4v) is 2.51. The van der Waals surface area contributed by atoms with E-state index in [0.29, 0.717) is 26.2 Å². The van der Waals surface area contributed by atoms with E-state index in [2.05, 4.69) is 0 Å². The summed E-state index contributed by atoms with van der Waals surface area (Å²) in [5.41, 5.74) is 5.75. The number of nitrogens with two attached hydrogens (primary N) is 1. The molecule has 0 radical (unpaired) electrons. The third kappa shape index (κ3) is 4.89. The van der Waals surface area contributed by atoms with Crippen molar-refractivity contribution in [1.29, 1.82) is 0 Å². The monoisotopic (exact) mass is 375 g/mol. The number of halogens is 3. The van der Waals surface area contributed by atoms with Crippen LogP contribution in [0.4, 0.5) is 8.78 Å². The van der Waals surface area contributed by atoms with Gasteiger partial charge in [0, 0.05) is 31.7 Å². The van der Waals surface area contributed by atoms with Gasteiger partial charge in [-0.2, -0.15) is 0 Å². The lowest BCUT2D eigenvalue weighted by molar-refractivity contribution is -0.136. The van der Waals surface area contributed by atoms with Crippen LogP contribution < -0.4 is 5.73 Å². The van der Waals surface area contributed by atoms with Crippen molar-refractivity contribution >= 4 is 24.2 Å². The summed E-state index contributed by atoms with van der Waals surface area (Å²) in [5, 5.41) is 0. The van der Waals surface area contributed by atoms with Crippen LogP contribution in [-0.2, 0) is 4.79 Å². The molecule has 0 bridgehead atoms. The highest BCUT2D eigenvalue weighted by atomic mass is 35.5. The van der Waals surface area contributed by atoms with Crippen molar-refractivity contribution in [3.8, 4) is 0 Å². The minimum absolute atomic E-state index is 0. The Kier molecular flexibility index (Phi) is 6.90. The number of piperazine rings is 1. The second-order valence-corrected chi connectivity index (χ2v) is 7.09. The Balaban J connectivity index is 0.00000312. The van der Waals surface area contributed by atoms with Gasteiger partial charge in [0.2, 0.25) is 5.91 Å². The molecule has 1 fully saturated rings. The van der Waals surface area contributed by atoms with Crippen molar-refractivity contribution in [3.63, 3.8) is 0 Å². The molecule has 1 saturated heterocycles. The molecular weight excluding hydrogens is 352 g/mol. The van der Waals surface area contributed by atoms with Crippen LogP contribution in [-0.4, -0.2) is 53.8 Å². The first-order chi connectivity index (χ1) is 11.1. The molecule has 0 saturated carbocycles. The van der Waals surface area contributed by atoms with Crippen LogP contribution >= 0.6 is 12.4 Å². The standard InChI is InChI=1S/C17H23F2N3O2.ClH/c1-17(2,3)14(20)16(24)22-8-6-21(7-9-22)15(23)11-4-5-12(18)13(19)10-11;/h4-5,10,14H,6-9,20H2,1-3H3;1H/t14-;/m1./s1. The van der Waals surface area contributed by atoms with Gasteiger partial charge in [-0.15, -0.1) is 12.4 Å². The molecule has 1 aromatic rings. The van der Waals surface area contributed by atoms with Crippen LogP contribution in [0.3, 0.4) is 0 Å². The average Bonchev–Trinajstić information content (AvgIpc) is 2.54. The van der Waals surface area contributed by atoms with Crippen molar-refractivity contribution in [2.75, 3.05) is 26.2 Å². The molecule has 8 heteroatoms. The highest BCUT2D eigenvalue weighted by Crippen LogP contribution is 2.20. The number of carbonyl (C=O) groups is 2. The Bertz CT molecular complexity index is 641. The highest BCUT2D eigenvalue weighted by Gasteiger charge is 2.33. The molecule has 1 aromatic carbocycles. The second kappa shape index (κ2) is 8.10. The molecule has 140 valence electrons. The summed E-state index contributed by atoms with van der Waals surface area (Å²) in [4.78, 5) is 27.9. The maximum atomic E-state index is 13.3. The van der Waals surface area contributed by atoms with Crippen LogP contribution in [0, 0.1) is 17.0 Å². The number of rotatable bonds is 2. The Morgan fingerprint density at radius 2 is 1.56 bits per heavy atom. The number of amides is 2. The summed E-state index contributed by atoms with van der Waals surface area (Å²) in [6.07, 6.45) is 0. The maximum absolute atomic E-state index is 13.3. The predicted octanol–water partition coefficient (Wildman–Crippen LogP) is 2.04. The Morgan fingerprint density at radius 1 is 1.04 bits per heavy atom. The van der Waals surface area contributed by atoms with Gasteiger partial charge in [0.15, 0.2) is 11.6 Å². The maximum Gasteiger partial charge on any atom is 0.254 e. The van der Waals surface area contributed by atoms with Crippen LogP contribution in [0.1, 0.15) is 31.1 Å². The Labute approximate surface area is 152 Å². The summed E-state index contributed by atoms with van der Waals surface area (Å²) in [7, 11) is 0. The normalized spacial score (nSPS) is 16.2. The summed E-state index contributed by atoms with van der Waals surface area (Å²) in [6, 6.07) is 2.48. The van der Waals surface area contributed by atoms with Gasteiger partial charge in [-0.05, 0) is 23.6 Å². The van der Waals surface area contributed by atoms with E-state index >= 15 is 0 Å². The van der Waals surface area contributed by atoms with Crippen LogP contribution in [0.15, 0.2) is 18.2 Å². The topological polar surface area (TPSA) is 66.6 Å². The van der Waals surface area contributed by atoms with Crippen molar-refractivity contribution in [2.24, 2.45) is 11.1 Å². The van der Waals surface area contributed by atoms with Gasteiger partial charge >= 0.3 is 0 Å². The SMILES string of the molecule is CC(C)(C)[C@H](N)C(=O)N1CCN(C(=O)c2ccc(F)c(F)c2)CC1.Cl. The number of benzene rings is 1. The lowest BCUT2D eigenvalue weighted by Crippen LogP contribution is -2.56. The number of nitrogens with zero attached hydrogens (tertiary/aromatic N) is 2. The molecular formula is C17H24ClF2N3O2. The Morgan fingerprint density at radius 3 is 2.04 bits per heavy atom. The van der Waals surface area contributed by atoms with E-state index in [4.69, 9.17) is 5.73 Å². The molecule has 0 aromatic heterocycles. The van der Waals surface area contributed by atoms with Gasteiger partial charge in [-0.25, -0.2) is 8.78 Å². The zero-order valence-electron chi connectivity index (χ0n) is 14.6. The number of hydrogen-bond acceptors (Lipinski definition) is 3. The molecule has 0 spiro atoms. The Hall–Kier alpha value is -1.73. The summed E-state index contributed by atoms with van der Waals surface area (Å²) in [6.45, 7) is 7.12. The van der Waals surface area contributed by atoms with E-state index < -0.39 is 17.7 Å².